The highest BCUT2D eigenvalue weighted by Crippen LogP contribution is 2.25. The van der Waals surface area contributed by atoms with Gasteiger partial charge in [-0.15, -0.1) is 0 Å². The number of carbonyl (C=O) groups is 1. The van der Waals surface area contributed by atoms with E-state index in [9.17, 15) is 4.79 Å². The molecule has 0 aromatic heterocycles. The minimum atomic E-state index is 0.167. The molecule has 98 valence electrons. The number of allylic oxidation sites excluding steroid dienone is 8. The first-order valence-electron chi connectivity index (χ1n) is 6.89. The van der Waals surface area contributed by atoms with Gasteiger partial charge in [-0.25, -0.2) is 0 Å². The molecule has 0 aliphatic heterocycles. The van der Waals surface area contributed by atoms with Crippen LogP contribution >= 0.6 is 0 Å². The van der Waals surface area contributed by atoms with Gasteiger partial charge in [-0.05, 0) is 63.5 Å². The number of hydrogen-bond donors (Lipinski definition) is 0. The normalized spacial score (nSPS) is 18.8. The van der Waals surface area contributed by atoms with Crippen molar-refractivity contribution in [1.29, 1.82) is 0 Å². The summed E-state index contributed by atoms with van der Waals surface area (Å²) in [4.78, 5) is 9.44. The molecule has 0 radical (unpaired) electrons. The van der Waals surface area contributed by atoms with Crippen LogP contribution in [0.3, 0.4) is 0 Å². The van der Waals surface area contributed by atoms with Crippen LogP contribution in [0.1, 0.15) is 52.4 Å². The second-order valence-corrected chi connectivity index (χ2v) is 4.93. The van der Waals surface area contributed by atoms with Gasteiger partial charge in [0.2, 0.25) is 0 Å². The Balaban J connectivity index is 0.000000357. The topological polar surface area (TPSA) is 17.1 Å². The van der Waals surface area contributed by atoms with Crippen LogP contribution in [-0.2, 0) is 4.79 Å². The fraction of sp³-hybridized carbons (Fsp3) is 0.471. The van der Waals surface area contributed by atoms with Crippen LogP contribution in [0.2, 0.25) is 0 Å². The van der Waals surface area contributed by atoms with E-state index in [4.69, 9.17) is 0 Å². The van der Waals surface area contributed by atoms with Gasteiger partial charge in [-0.3, -0.25) is 0 Å². The lowest BCUT2D eigenvalue weighted by Crippen LogP contribution is -1.89. The van der Waals surface area contributed by atoms with E-state index >= 15 is 0 Å². The van der Waals surface area contributed by atoms with Crippen LogP contribution in [0.4, 0.5) is 0 Å². The average Bonchev–Trinajstić information content (AvgIpc) is 2.73. The zero-order chi connectivity index (χ0) is 13.2. The summed E-state index contributed by atoms with van der Waals surface area (Å²) in [6.45, 7) is 3.06. The average molecular weight is 244 g/mol. The second kappa shape index (κ2) is 8.68. The number of carbonyl (C=O) groups excluding carboxylic acids is 1. The molecule has 0 atom stereocenters. The first-order chi connectivity index (χ1) is 8.70. The molecule has 0 fully saturated rings. The zero-order valence-corrected chi connectivity index (χ0v) is 11.6. The van der Waals surface area contributed by atoms with Crippen molar-refractivity contribution in [2.75, 3.05) is 0 Å². The van der Waals surface area contributed by atoms with Crippen molar-refractivity contribution in [1.82, 2.24) is 0 Å². The maximum Gasteiger partial charge on any atom is 0.126 e. The molecule has 2 aliphatic rings. The van der Waals surface area contributed by atoms with E-state index in [0.29, 0.717) is 0 Å². The second-order valence-electron chi connectivity index (χ2n) is 4.93. The molecule has 1 heteroatoms. The Hall–Kier alpha value is -1.37. The molecule has 2 aliphatic carbocycles. The fourth-order valence-corrected chi connectivity index (χ4v) is 2.08. The molecule has 0 saturated heterocycles. The minimum absolute atomic E-state index is 0.167. The number of hydrogen-bond acceptors (Lipinski definition) is 1. The zero-order valence-electron chi connectivity index (χ0n) is 11.6. The van der Waals surface area contributed by atoms with E-state index < -0.39 is 0 Å². The van der Waals surface area contributed by atoms with E-state index in [0.717, 1.165) is 0 Å². The van der Waals surface area contributed by atoms with Gasteiger partial charge in [-0.1, -0.05) is 36.5 Å². The van der Waals surface area contributed by atoms with Crippen LogP contribution < -0.4 is 0 Å². The summed E-state index contributed by atoms with van der Waals surface area (Å²) in [7, 11) is 0. The van der Waals surface area contributed by atoms with Crippen molar-refractivity contribution in [2.45, 2.75) is 52.4 Å². The first-order valence-corrected chi connectivity index (χ1v) is 6.89. The summed E-state index contributed by atoms with van der Waals surface area (Å²) in [5.41, 5.74) is 3.12. The van der Waals surface area contributed by atoms with Gasteiger partial charge in [-0.2, -0.15) is 0 Å². The smallest absolute Gasteiger partial charge is 0.126 e. The third-order valence-corrected chi connectivity index (χ3v) is 2.91. The Morgan fingerprint density at radius 3 is 1.67 bits per heavy atom. The largest absolute Gasteiger partial charge is 0.300 e. The molecule has 0 heterocycles. The van der Waals surface area contributed by atoms with Gasteiger partial charge < -0.3 is 4.79 Å². The Morgan fingerprint density at radius 2 is 1.28 bits per heavy atom. The highest BCUT2D eigenvalue weighted by atomic mass is 16.1. The monoisotopic (exact) mass is 244 g/mol. The van der Waals surface area contributed by atoms with Crippen LogP contribution in [0.15, 0.2) is 47.6 Å². The van der Waals surface area contributed by atoms with Crippen molar-refractivity contribution in [2.24, 2.45) is 0 Å². The van der Waals surface area contributed by atoms with Gasteiger partial charge in [0.1, 0.15) is 5.78 Å². The first kappa shape index (κ1) is 14.7. The lowest BCUT2D eigenvalue weighted by molar-refractivity contribution is -0.114. The van der Waals surface area contributed by atoms with Gasteiger partial charge in [0.15, 0.2) is 0 Å². The molecule has 1 nitrogen and oxygen atoms in total. The Labute approximate surface area is 111 Å². The summed E-state index contributed by atoms with van der Waals surface area (Å²) < 4.78 is 0. The highest BCUT2D eigenvalue weighted by molar-refractivity contribution is 5.72. The van der Waals surface area contributed by atoms with Crippen LogP contribution in [0.25, 0.3) is 0 Å². The number of rotatable bonds is 1. The van der Waals surface area contributed by atoms with Crippen molar-refractivity contribution < 1.29 is 4.79 Å². The van der Waals surface area contributed by atoms with Crippen LogP contribution in [0.5, 0.6) is 0 Å². The number of ketones is 1. The van der Waals surface area contributed by atoms with Gasteiger partial charge in [0.25, 0.3) is 0 Å². The Morgan fingerprint density at radius 1 is 0.889 bits per heavy atom. The molecule has 0 bridgehead atoms. The quantitative estimate of drug-likeness (QED) is 0.640. The molecule has 0 unspecified atom stereocenters. The predicted molar refractivity (Wildman–Crippen MR) is 78.5 cm³/mol. The standard InChI is InChI=1S/C14H18.C3H6O/c1-2-6-10-13(9-5-1)14-11-7-3-4-8-12-14;1-3(2)4/h1,3,5,7,9,11H,2,4,6,8,10,12H2;1-2H3. The van der Waals surface area contributed by atoms with E-state index in [1.165, 1.54) is 52.4 Å². The van der Waals surface area contributed by atoms with E-state index in [2.05, 4.69) is 36.5 Å². The van der Waals surface area contributed by atoms with Crippen molar-refractivity contribution in [3.05, 3.63) is 47.6 Å². The van der Waals surface area contributed by atoms with Crippen molar-refractivity contribution in [3.63, 3.8) is 0 Å². The molecule has 0 N–H and O–H groups in total. The molecule has 0 saturated carbocycles. The minimum Gasteiger partial charge on any atom is -0.300 e. The van der Waals surface area contributed by atoms with E-state index in [1.54, 1.807) is 11.1 Å². The molecule has 0 amide bonds. The molecular formula is C17H24O. The van der Waals surface area contributed by atoms with E-state index in [-0.39, 0.29) is 5.78 Å². The highest BCUT2D eigenvalue weighted by Gasteiger charge is 2.06. The maximum atomic E-state index is 9.44. The summed E-state index contributed by atoms with van der Waals surface area (Å²) in [6, 6.07) is 0. The van der Waals surface area contributed by atoms with Crippen LogP contribution in [-0.4, -0.2) is 5.78 Å². The Kier molecular flexibility index (Phi) is 7.09. The van der Waals surface area contributed by atoms with Crippen molar-refractivity contribution in [3.8, 4) is 0 Å². The lowest BCUT2D eigenvalue weighted by atomic mass is 9.97. The molecule has 18 heavy (non-hydrogen) atoms. The summed E-state index contributed by atoms with van der Waals surface area (Å²) in [5, 5.41) is 0. The molecule has 0 aromatic carbocycles. The fourth-order valence-electron chi connectivity index (χ4n) is 2.08. The SMILES string of the molecule is C1=CCCCC(C2=CC=CCCC2)=C1.CC(C)=O. The summed E-state index contributed by atoms with van der Waals surface area (Å²) >= 11 is 0. The van der Waals surface area contributed by atoms with Crippen molar-refractivity contribution >= 4 is 5.78 Å². The van der Waals surface area contributed by atoms with Gasteiger partial charge in [0.05, 0.1) is 0 Å². The number of Topliss-reactive ketones (excluding diaryl/α,β-unsaturated/α-hetero) is 1. The third kappa shape index (κ3) is 6.39. The van der Waals surface area contributed by atoms with Gasteiger partial charge >= 0.3 is 0 Å². The lowest BCUT2D eigenvalue weighted by Gasteiger charge is -2.08. The third-order valence-electron chi connectivity index (χ3n) is 2.91. The van der Waals surface area contributed by atoms with E-state index in [1.807, 2.05) is 0 Å². The molecule has 0 spiro atoms. The van der Waals surface area contributed by atoms with Gasteiger partial charge in [0, 0.05) is 0 Å². The Bertz CT molecular complexity index is 344. The molecule has 0 aromatic rings. The summed E-state index contributed by atoms with van der Waals surface area (Å²) in [6.07, 6.45) is 21.2. The molecule has 2 rings (SSSR count). The predicted octanol–water partition coefficient (Wildman–Crippen LogP) is 4.91. The molecular weight excluding hydrogens is 220 g/mol. The summed E-state index contributed by atoms with van der Waals surface area (Å²) in [5.74, 6) is 0.167. The maximum absolute atomic E-state index is 9.44. The van der Waals surface area contributed by atoms with Crippen LogP contribution in [0, 0.1) is 0 Å².